The van der Waals surface area contributed by atoms with E-state index in [1.807, 2.05) is 35.2 Å². The largest absolute Gasteiger partial charge is 0.493 e. The number of amides is 1. The van der Waals surface area contributed by atoms with Crippen molar-refractivity contribution in [2.24, 2.45) is 0 Å². The molecule has 1 aliphatic rings. The Morgan fingerprint density at radius 1 is 0.800 bits per heavy atom. The van der Waals surface area contributed by atoms with E-state index in [9.17, 15) is 4.79 Å². The Morgan fingerprint density at radius 3 is 2.09 bits per heavy atom. The van der Waals surface area contributed by atoms with Crippen molar-refractivity contribution in [1.82, 2.24) is 10.2 Å². The monoisotopic (exact) mass is 529 g/mol. The molecule has 0 aromatic heterocycles. The molecule has 1 amide bonds. The maximum atomic E-state index is 12.8. The number of benzene rings is 2. The molecule has 0 atom stereocenters. The predicted octanol–water partition coefficient (Wildman–Crippen LogP) is 3.58. The number of rotatable bonds is 12. The van der Waals surface area contributed by atoms with Crippen molar-refractivity contribution in [2.75, 3.05) is 66.5 Å². The molecule has 0 saturated carbocycles. The Morgan fingerprint density at radius 2 is 1.43 bits per heavy atom. The van der Waals surface area contributed by atoms with E-state index in [-0.39, 0.29) is 30.7 Å². The van der Waals surface area contributed by atoms with Gasteiger partial charge in [-0.05, 0) is 54.8 Å². The van der Waals surface area contributed by atoms with Crippen LogP contribution in [0.2, 0.25) is 0 Å². The van der Waals surface area contributed by atoms with Crippen molar-refractivity contribution in [3.8, 4) is 23.0 Å². The molecule has 0 fully saturated rings. The van der Waals surface area contributed by atoms with Crippen molar-refractivity contribution < 1.29 is 23.7 Å². The number of fused-ring (bicyclic) bond motifs is 1. The van der Waals surface area contributed by atoms with Crippen LogP contribution in [0, 0.1) is 0 Å². The molecule has 2 aromatic rings. The fourth-order valence-corrected chi connectivity index (χ4v) is 4.01. The normalized spacial score (nSPS) is 12.5. The number of halogens is 2. The Kier molecular flexibility index (Phi) is 13.5. The van der Waals surface area contributed by atoms with E-state index in [0.29, 0.717) is 29.4 Å². The van der Waals surface area contributed by atoms with Gasteiger partial charge in [-0.2, -0.15) is 0 Å². The van der Waals surface area contributed by atoms with E-state index in [1.165, 1.54) is 0 Å². The molecule has 1 aliphatic heterocycles. The second-order valence-electron chi connectivity index (χ2n) is 7.88. The van der Waals surface area contributed by atoms with Crippen LogP contribution in [0.4, 0.5) is 5.69 Å². The lowest BCUT2D eigenvalue weighted by atomic mass is 10.0. The van der Waals surface area contributed by atoms with Gasteiger partial charge < -0.3 is 34.5 Å². The molecular formula is C25H37Cl2N3O5. The first-order chi connectivity index (χ1) is 16.1. The summed E-state index contributed by atoms with van der Waals surface area (Å²) >= 11 is 0. The van der Waals surface area contributed by atoms with Gasteiger partial charge in [0.15, 0.2) is 23.0 Å². The van der Waals surface area contributed by atoms with Crippen LogP contribution in [0.5, 0.6) is 23.0 Å². The van der Waals surface area contributed by atoms with Crippen molar-refractivity contribution >= 4 is 36.4 Å². The summed E-state index contributed by atoms with van der Waals surface area (Å²) < 4.78 is 21.4. The molecule has 0 unspecified atom stereocenters. The van der Waals surface area contributed by atoms with Crippen LogP contribution in [0.15, 0.2) is 30.3 Å². The minimum atomic E-state index is 0. The summed E-state index contributed by atoms with van der Waals surface area (Å²) in [6.07, 6.45) is 2.13. The zero-order valence-corrected chi connectivity index (χ0v) is 22.5. The van der Waals surface area contributed by atoms with Crippen LogP contribution in [-0.2, 0) is 17.6 Å². The fourth-order valence-electron chi connectivity index (χ4n) is 4.01. The number of hydrogen-bond acceptors (Lipinski definition) is 7. The Bertz CT molecular complexity index is 946. The second-order valence-corrected chi connectivity index (χ2v) is 7.88. The predicted molar refractivity (Wildman–Crippen MR) is 144 cm³/mol. The molecule has 1 heterocycles. The summed E-state index contributed by atoms with van der Waals surface area (Å²) in [6, 6.07) is 9.71. The third-order valence-electron chi connectivity index (χ3n) is 5.85. The van der Waals surface area contributed by atoms with Gasteiger partial charge in [-0.3, -0.25) is 4.79 Å². The molecule has 0 saturated heterocycles. The standard InChI is InChI=1S/C25H35N3O5.2ClH/c1-30-21-7-6-20(17-24(21)33-4)27-11-10-26-9-5-12-28-13-8-18-14-22(31-2)23(32-3)15-19(18)16-25(28)29;;/h6-7,14-15,17,26-27H,5,8-13,16H2,1-4H3;2*1H. The van der Waals surface area contributed by atoms with E-state index in [0.717, 1.165) is 62.4 Å². The highest BCUT2D eigenvalue weighted by atomic mass is 35.5. The topological polar surface area (TPSA) is 81.3 Å². The molecular weight excluding hydrogens is 493 g/mol. The molecule has 8 nitrogen and oxygen atoms in total. The van der Waals surface area contributed by atoms with Crippen molar-refractivity contribution in [2.45, 2.75) is 19.3 Å². The van der Waals surface area contributed by atoms with Crippen molar-refractivity contribution in [3.63, 3.8) is 0 Å². The van der Waals surface area contributed by atoms with Crippen molar-refractivity contribution in [1.29, 1.82) is 0 Å². The third-order valence-corrected chi connectivity index (χ3v) is 5.85. The maximum Gasteiger partial charge on any atom is 0.227 e. The highest BCUT2D eigenvalue weighted by Crippen LogP contribution is 2.32. The van der Waals surface area contributed by atoms with E-state index in [1.54, 1.807) is 28.4 Å². The lowest BCUT2D eigenvalue weighted by Gasteiger charge is -2.20. The summed E-state index contributed by atoms with van der Waals surface area (Å²) in [5, 5.41) is 6.81. The Balaban J connectivity index is 0.00000306. The highest BCUT2D eigenvalue weighted by molar-refractivity contribution is 5.85. The van der Waals surface area contributed by atoms with Gasteiger partial charge in [-0.15, -0.1) is 24.8 Å². The number of nitrogens with one attached hydrogen (secondary N) is 2. The van der Waals surface area contributed by atoms with E-state index < -0.39 is 0 Å². The first-order valence-electron chi connectivity index (χ1n) is 11.3. The van der Waals surface area contributed by atoms with E-state index in [2.05, 4.69) is 10.6 Å². The van der Waals surface area contributed by atoms with Crippen LogP contribution in [0.3, 0.4) is 0 Å². The van der Waals surface area contributed by atoms with Gasteiger partial charge in [0.2, 0.25) is 5.91 Å². The average molecular weight is 530 g/mol. The van der Waals surface area contributed by atoms with Gasteiger partial charge in [-0.25, -0.2) is 0 Å². The number of carbonyl (C=O) groups excluding carboxylic acids is 1. The highest BCUT2D eigenvalue weighted by Gasteiger charge is 2.22. The fraction of sp³-hybridized carbons (Fsp3) is 0.480. The summed E-state index contributed by atoms with van der Waals surface area (Å²) in [6.45, 7) is 3.94. The van der Waals surface area contributed by atoms with Gasteiger partial charge in [-0.1, -0.05) is 0 Å². The summed E-state index contributed by atoms with van der Waals surface area (Å²) in [7, 11) is 6.51. The molecule has 0 aliphatic carbocycles. The molecule has 196 valence electrons. The van der Waals surface area contributed by atoms with Crippen LogP contribution in [-0.4, -0.2) is 72.0 Å². The number of hydrogen-bond donors (Lipinski definition) is 2. The molecule has 2 N–H and O–H groups in total. The van der Waals surface area contributed by atoms with Crippen LogP contribution in [0.25, 0.3) is 0 Å². The first-order valence-corrected chi connectivity index (χ1v) is 11.3. The molecule has 0 spiro atoms. The van der Waals surface area contributed by atoms with Gasteiger partial charge >= 0.3 is 0 Å². The van der Waals surface area contributed by atoms with E-state index >= 15 is 0 Å². The quantitative estimate of drug-likeness (QED) is 0.406. The maximum absolute atomic E-state index is 12.8. The van der Waals surface area contributed by atoms with Crippen LogP contribution in [0.1, 0.15) is 17.5 Å². The molecule has 0 bridgehead atoms. The zero-order chi connectivity index (χ0) is 23.6. The lowest BCUT2D eigenvalue weighted by Crippen LogP contribution is -2.35. The minimum absolute atomic E-state index is 0. The Hall–Kier alpha value is -2.55. The van der Waals surface area contributed by atoms with Gasteiger partial charge in [0.05, 0.1) is 34.9 Å². The summed E-state index contributed by atoms with van der Waals surface area (Å²) in [5.74, 6) is 2.96. The molecule has 2 aromatic carbocycles. The zero-order valence-electron chi connectivity index (χ0n) is 20.8. The minimum Gasteiger partial charge on any atom is -0.493 e. The van der Waals surface area contributed by atoms with Crippen molar-refractivity contribution in [3.05, 3.63) is 41.5 Å². The molecule has 0 radical (unpaired) electrons. The summed E-state index contributed by atoms with van der Waals surface area (Å²) in [5.41, 5.74) is 3.17. The number of nitrogens with zero attached hydrogens (tertiary/aromatic N) is 1. The van der Waals surface area contributed by atoms with Crippen LogP contribution < -0.4 is 29.6 Å². The smallest absolute Gasteiger partial charge is 0.227 e. The number of carbonyl (C=O) groups is 1. The SMILES string of the molecule is COc1ccc(NCCNCCCN2CCc3cc(OC)c(OC)cc3CC2=O)cc1OC.Cl.Cl. The molecule has 3 rings (SSSR count). The van der Waals surface area contributed by atoms with Gasteiger partial charge in [0.25, 0.3) is 0 Å². The molecule has 10 heteroatoms. The lowest BCUT2D eigenvalue weighted by molar-refractivity contribution is -0.130. The Labute approximate surface area is 220 Å². The first kappa shape index (κ1) is 30.5. The van der Waals surface area contributed by atoms with Crippen LogP contribution >= 0.6 is 24.8 Å². The summed E-state index contributed by atoms with van der Waals surface area (Å²) in [4.78, 5) is 14.7. The number of methoxy groups -OCH3 is 4. The third kappa shape index (κ3) is 8.26. The number of ether oxygens (including phenoxy) is 4. The number of anilines is 1. The average Bonchev–Trinajstić information content (AvgIpc) is 2.99. The second kappa shape index (κ2) is 15.4. The van der Waals surface area contributed by atoms with Gasteiger partial charge in [0.1, 0.15) is 0 Å². The molecule has 35 heavy (non-hydrogen) atoms. The van der Waals surface area contributed by atoms with Gasteiger partial charge in [0, 0.05) is 37.9 Å². The van der Waals surface area contributed by atoms with E-state index in [4.69, 9.17) is 18.9 Å².